The van der Waals surface area contributed by atoms with E-state index in [0.29, 0.717) is 23.3 Å². The normalized spacial score (nSPS) is 17.3. The van der Waals surface area contributed by atoms with Crippen LogP contribution in [0.15, 0.2) is 34.3 Å². The number of benzene rings is 2. The molecule has 3 rings (SSSR count). The summed E-state index contributed by atoms with van der Waals surface area (Å²) in [7, 11) is 0. The lowest BCUT2D eigenvalue weighted by atomic mass is 9.80. The molecule has 0 aromatic heterocycles. The molecule has 2 N–H and O–H groups in total. The summed E-state index contributed by atoms with van der Waals surface area (Å²) >= 11 is 0. The Morgan fingerprint density at radius 3 is 1.25 bits per heavy atom. The second kappa shape index (κ2) is 26.2. The molecule has 0 bridgehead atoms. The van der Waals surface area contributed by atoms with Gasteiger partial charge in [-0.25, -0.2) is 0 Å². The first kappa shape index (κ1) is 52.7. The summed E-state index contributed by atoms with van der Waals surface area (Å²) in [6.07, 6.45) is 27.9. The maximum atomic E-state index is 11.9. The highest BCUT2D eigenvalue weighted by Gasteiger charge is 2.29. The molecule has 61 heavy (non-hydrogen) atoms. The van der Waals surface area contributed by atoms with Crippen LogP contribution >= 0.6 is 0 Å². The van der Waals surface area contributed by atoms with Crippen molar-refractivity contribution in [3.05, 3.63) is 57.6 Å². The Morgan fingerprint density at radius 2 is 0.885 bits per heavy atom. The SMILES string of the molecule is CCCCC(CCCC)c1cc(/C=N/[C@H]2CCCC[C@@H]2/N=C/c2cc(C(CCC)CCC[N+](CCCC)(CCCC)CCCC)cc(C(C)(C)C)c2O)c(O)c(C(C)(C)C)c1. The number of phenols is 2. The fraction of sp³-hybridized carbons (Fsp3) is 0.750. The average molecular weight is 843 g/mol. The van der Waals surface area contributed by atoms with Crippen molar-refractivity contribution in [1.82, 2.24) is 0 Å². The molecule has 1 unspecified atom stereocenters. The van der Waals surface area contributed by atoms with E-state index < -0.39 is 0 Å². The van der Waals surface area contributed by atoms with Gasteiger partial charge in [0.25, 0.3) is 0 Å². The topological polar surface area (TPSA) is 65.2 Å². The third-order valence-corrected chi connectivity index (χ3v) is 14.0. The van der Waals surface area contributed by atoms with Crippen LogP contribution in [-0.4, -0.2) is 65.4 Å². The molecule has 0 aliphatic heterocycles. The molecule has 0 radical (unpaired) electrons. The molecule has 0 amide bonds. The van der Waals surface area contributed by atoms with Crippen molar-refractivity contribution in [2.75, 3.05) is 26.2 Å². The predicted octanol–water partition coefficient (Wildman–Crippen LogP) is 15.9. The highest BCUT2D eigenvalue weighted by molar-refractivity contribution is 5.86. The quantitative estimate of drug-likeness (QED) is 0.0695. The standard InChI is InChI=1S/C56H95N3O2/c1-13-19-28-44(29-20-14-2)46-38-48(54(61)50(40-46)56(10,11)12)42-58-52-32-25-24-31-51(52)57-41-47-37-45(39-49(53(47)60)55(7,8)9)43(27-18-6)30-26-36-59(33-21-15-3,34-22-16-4)35-23-17-5/h37-44,51-52H,13-36H2,1-12H3,(H-,57,58,60,61)/p+1/t43?,51-,52-/m0/s1. The fourth-order valence-corrected chi connectivity index (χ4v) is 9.99. The van der Waals surface area contributed by atoms with Crippen LogP contribution in [0, 0.1) is 0 Å². The average Bonchev–Trinajstić information content (AvgIpc) is 3.22. The van der Waals surface area contributed by atoms with Crippen molar-refractivity contribution in [2.45, 2.75) is 246 Å². The number of phenolic OH excluding ortho intramolecular Hbond substituents is 2. The van der Waals surface area contributed by atoms with Crippen molar-refractivity contribution in [1.29, 1.82) is 0 Å². The smallest absolute Gasteiger partial charge is 0.128 e. The van der Waals surface area contributed by atoms with Crippen LogP contribution in [0.25, 0.3) is 0 Å². The first-order valence-corrected chi connectivity index (χ1v) is 25.7. The van der Waals surface area contributed by atoms with E-state index in [1.54, 1.807) is 0 Å². The van der Waals surface area contributed by atoms with Gasteiger partial charge in [0.1, 0.15) is 11.5 Å². The lowest BCUT2D eigenvalue weighted by Gasteiger charge is -2.40. The minimum Gasteiger partial charge on any atom is -0.507 e. The Hall–Kier alpha value is -2.66. The third kappa shape index (κ3) is 16.4. The monoisotopic (exact) mass is 843 g/mol. The van der Waals surface area contributed by atoms with E-state index in [0.717, 1.165) is 60.8 Å². The van der Waals surface area contributed by atoms with Crippen LogP contribution in [0.2, 0.25) is 0 Å². The van der Waals surface area contributed by atoms with Crippen molar-refractivity contribution in [3.63, 3.8) is 0 Å². The molecule has 1 fully saturated rings. The molecular weight excluding hydrogens is 747 g/mol. The zero-order chi connectivity index (χ0) is 45.1. The molecule has 0 saturated heterocycles. The molecular formula is C56H96N3O2+. The maximum Gasteiger partial charge on any atom is 0.128 e. The molecule has 1 saturated carbocycles. The number of rotatable bonds is 27. The van der Waals surface area contributed by atoms with Crippen LogP contribution in [-0.2, 0) is 10.8 Å². The van der Waals surface area contributed by atoms with Crippen LogP contribution in [0.5, 0.6) is 11.5 Å². The Balaban J connectivity index is 1.99. The van der Waals surface area contributed by atoms with Gasteiger partial charge in [-0.1, -0.05) is 159 Å². The zero-order valence-electron chi connectivity index (χ0n) is 42.0. The van der Waals surface area contributed by atoms with Gasteiger partial charge in [-0.3, -0.25) is 9.98 Å². The summed E-state index contributed by atoms with van der Waals surface area (Å²) in [5.41, 5.74) is 6.05. The van der Waals surface area contributed by atoms with Gasteiger partial charge in [-0.2, -0.15) is 0 Å². The second-order valence-electron chi connectivity index (χ2n) is 21.4. The largest absolute Gasteiger partial charge is 0.507 e. The Bertz CT molecular complexity index is 1580. The number of aliphatic imine (C=N–C) groups is 2. The minimum atomic E-state index is -0.196. The van der Waals surface area contributed by atoms with Gasteiger partial charge in [-0.05, 0) is 110 Å². The minimum absolute atomic E-state index is 0.0344. The molecule has 1 aliphatic carbocycles. The van der Waals surface area contributed by atoms with E-state index in [-0.39, 0.29) is 22.9 Å². The summed E-state index contributed by atoms with van der Waals surface area (Å²) in [5.74, 6) is 1.69. The Kier molecular flexibility index (Phi) is 22.6. The molecule has 3 atom stereocenters. The molecule has 1 aliphatic rings. The molecule has 2 aromatic carbocycles. The highest BCUT2D eigenvalue weighted by Crippen LogP contribution is 2.40. The van der Waals surface area contributed by atoms with Crippen LogP contribution in [0.3, 0.4) is 0 Å². The number of nitrogens with zero attached hydrogens (tertiary/aromatic N) is 3. The number of aromatic hydroxyl groups is 2. The van der Waals surface area contributed by atoms with Gasteiger partial charge in [-0.15, -0.1) is 0 Å². The number of quaternary nitrogens is 1. The summed E-state index contributed by atoms with van der Waals surface area (Å²) in [6.45, 7) is 32.4. The Labute approximate surface area is 377 Å². The first-order chi connectivity index (χ1) is 29.1. The van der Waals surface area contributed by atoms with Gasteiger partial charge in [0.15, 0.2) is 0 Å². The van der Waals surface area contributed by atoms with E-state index >= 15 is 0 Å². The van der Waals surface area contributed by atoms with E-state index in [4.69, 9.17) is 9.98 Å². The molecule has 2 aromatic rings. The van der Waals surface area contributed by atoms with Gasteiger partial charge < -0.3 is 14.7 Å². The summed E-state index contributed by atoms with van der Waals surface area (Å²) in [6, 6.07) is 9.19. The Morgan fingerprint density at radius 1 is 0.525 bits per heavy atom. The van der Waals surface area contributed by atoms with Gasteiger partial charge >= 0.3 is 0 Å². The molecule has 5 nitrogen and oxygen atoms in total. The number of unbranched alkanes of at least 4 members (excludes halogenated alkanes) is 5. The van der Waals surface area contributed by atoms with E-state index in [2.05, 4.69) is 107 Å². The highest BCUT2D eigenvalue weighted by atomic mass is 16.3. The lowest BCUT2D eigenvalue weighted by Crippen LogP contribution is -2.50. The van der Waals surface area contributed by atoms with Crippen LogP contribution in [0.1, 0.15) is 257 Å². The van der Waals surface area contributed by atoms with Crippen LogP contribution < -0.4 is 0 Å². The van der Waals surface area contributed by atoms with Crippen molar-refractivity contribution < 1.29 is 14.7 Å². The van der Waals surface area contributed by atoms with Crippen LogP contribution in [0.4, 0.5) is 0 Å². The third-order valence-electron chi connectivity index (χ3n) is 14.0. The molecule has 5 heteroatoms. The summed E-state index contributed by atoms with van der Waals surface area (Å²) in [5, 5.41) is 23.6. The van der Waals surface area contributed by atoms with Crippen molar-refractivity contribution >= 4 is 12.4 Å². The predicted molar refractivity (Wildman–Crippen MR) is 268 cm³/mol. The fourth-order valence-electron chi connectivity index (χ4n) is 9.99. The molecule has 0 heterocycles. The maximum absolute atomic E-state index is 11.9. The van der Waals surface area contributed by atoms with Crippen molar-refractivity contribution in [3.8, 4) is 11.5 Å². The molecule has 346 valence electrons. The van der Waals surface area contributed by atoms with Crippen molar-refractivity contribution in [2.24, 2.45) is 9.98 Å². The van der Waals surface area contributed by atoms with Gasteiger partial charge in [0.2, 0.25) is 0 Å². The van der Waals surface area contributed by atoms with E-state index in [9.17, 15) is 10.2 Å². The number of hydrogen-bond acceptors (Lipinski definition) is 4. The lowest BCUT2D eigenvalue weighted by molar-refractivity contribution is -0.929. The summed E-state index contributed by atoms with van der Waals surface area (Å²) in [4.78, 5) is 10.5. The van der Waals surface area contributed by atoms with E-state index in [1.807, 2.05) is 12.4 Å². The molecule has 0 spiro atoms. The summed E-state index contributed by atoms with van der Waals surface area (Å²) < 4.78 is 1.29. The van der Waals surface area contributed by atoms with Gasteiger partial charge in [0, 0.05) is 34.7 Å². The van der Waals surface area contributed by atoms with Gasteiger partial charge in [0.05, 0.1) is 38.3 Å². The number of hydrogen-bond donors (Lipinski definition) is 2. The van der Waals surface area contributed by atoms with E-state index in [1.165, 1.54) is 132 Å². The zero-order valence-corrected chi connectivity index (χ0v) is 42.0. The second-order valence-corrected chi connectivity index (χ2v) is 21.4. The first-order valence-electron chi connectivity index (χ1n) is 25.7.